The molecule has 0 N–H and O–H groups in total. The summed E-state index contributed by atoms with van der Waals surface area (Å²) in [6.07, 6.45) is 3.84. The van der Waals surface area contributed by atoms with Crippen LogP contribution in [0, 0.1) is 7.05 Å². The number of hydrogen-bond donors (Lipinski definition) is 0. The van der Waals surface area contributed by atoms with E-state index in [2.05, 4.69) is 12.1 Å². The molecule has 0 fully saturated rings. The maximum absolute atomic E-state index is 4.03. The van der Waals surface area contributed by atoms with Gasteiger partial charge in [0.2, 0.25) is 0 Å². The van der Waals surface area contributed by atoms with Gasteiger partial charge in [0.25, 0.3) is 0 Å². The maximum atomic E-state index is 4.03. The van der Waals surface area contributed by atoms with Crippen molar-refractivity contribution >= 4 is 0 Å². The second-order valence-corrected chi connectivity index (χ2v) is 2.54. The minimum atomic E-state index is 0.855. The lowest BCUT2D eigenvalue weighted by Crippen LogP contribution is -2.06. The third-order valence-corrected chi connectivity index (χ3v) is 1.21. The van der Waals surface area contributed by atoms with E-state index >= 15 is 0 Å². The molecule has 3 nitrogen and oxygen atoms in total. The summed E-state index contributed by atoms with van der Waals surface area (Å²) in [5.74, 6) is 0. The second kappa shape index (κ2) is 2.84. The summed E-state index contributed by atoms with van der Waals surface area (Å²) in [5, 5.41) is 4.03. The second-order valence-electron chi connectivity index (χ2n) is 2.54. The largest absolute Gasteiger partial charge is 0.458 e. The average molecular weight is 138 g/mol. The fourth-order valence-corrected chi connectivity index (χ4v) is 0.865. The smallest absolute Gasteiger partial charge is 0.0533 e. The van der Waals surface area contributed by atoms with E-state index in [0.717, 1.165) is 6.54 Å². The molecule has 0 saturated heterocycles. The van der Waals surface area contributed by atoms with Crippen LogP contribution in [0.2, 0.25) is 0 Å². The van der Waals surface area contributed by atoms with Gasteiger partial charge in [-0.15, -0.1) is 0 Å². The van der Waals surface area contributed by atoms with Crippen LogP contribution in [-0.2, 0) is 13.6 Å². The zero-order valence-corrected chi connectivity index (χ0v) is 6.41. The maximum Gasteiger partial charge on any atom is 0.0533 e. The number of nitrogens with zero attached hydrogens (tertiary/aromatic N) is 3. The van der Waals surface area contributed by atoms with Crippen LogP contribution in [0.1, 0.15) is 5.56 Å². The molecule has 0 aliphatic carbocycles. The Kier molecular flexibility index (Phi) is 2.06. The summed E-state index contributed by atoms with van der Waals surface area (Å²) in [6, 6.07) is 0. The van der Waals surface area contributed by atoms with Gasteiger partial charge in [0.1, 0.15) is 0 Å². The molecule has 0 aromatic carbocycles. The van der Waals surface area contributed by atoms with Crippen LogP contribution >= 0.6 is 0 Å². The fraction of sp³-hybridized carbons (Fsp3) is 0.429. The quantitative estimate of drug-likeness (QED) is 0.559. The molecule has 0 bridgehead atoms. The molecule has 0 aliphatic heterocycles. The van der Waals surface area contributed by atoms with Crippen molar-refractivity contribution in [3.8, 4) is 0 Å². The van der Waals surface area contributed by atoms with E-state index in [9.17, 15) is 0 Å². The Hall–Kier alpha value is -0.830. The van der Waals surface area contributed by atoms with Gasteiger partial charge in [0, 0.05) is 18.8 Å². The zero-order valence-electron chi connectivity index (χ0n) is 6.41. The first-order valence-corrected chi connectivity index (χ1v) is 3.17. The molecule has 0 radical (unpaired) electrons. The van der Waals surface area contributed by atoms with Crippen LogP contribution in [0.15, 0.2) is 12.4 Å². The van der Waals surface area contributed by atoms with Crippen LogP contribution in [0.3, 0.4) is 0 Å². The Bertz CT molecular complexity index is 202. The predicted molar refractivity (Wildman–Crippen MR) is 40.0 cm³/mol. The van der Waals surface area contributed by atoms with E-state index in [1.54, 1.807) is 4.68 Å². The van der Waals surface area contributed by atoms with Gasteiger partial charge in [-0.1, -0.05) is 0 Å². The molecule has 1 aromatic rings. The predicted octanol–water partition coefficient (Wildman–Crippen LogP) is 0.643. The molecule has 0 amide bonds. The normalized spacial score (nSPS) is 10.8. The first-order valence-electron chi connectivity index (χ1n) is 3.17. The van der Waals surface area contributed by atoms with Gasteiger partial charge < -0.3 is 4.90 Å². The highest BCUT2D eigenvalue weighted by Gasteiger charge is 1.92. The van der Waals surface area contributed by atoms with E-state index < -0.39 is 0 Å². The SMILES string of the molecule is [CH2-]N(C)Cc1cnn(C)c1. The highest BCUT2D eigenvalue weighted by Crippen LogP contribution is 1.98. The molecule has 0 unspecified atom stereocenters. The minimum Gasteiger partial charge on any atom is -0.458 e. The Labute approximate surface area is 61.3 Å². The molecule has 3 heteroatoms. The molecule has 0 saturated carbocycles. The van der Waals surface area contributed by atoms with Gasteiger partial charge >= 0.3 is 0 Å². The molecule has 0 aliphatic rings. The zero-order chi connectivity index (χ0) is 7.56. The van der Waals surface area contributed by atoms with Gasteiger partial charge in [-0.05, 0) is 13.6 Å². The standard InChI is InChI=1S/C7H12N3/c1-9(2)5-7-4-8-10(3)6-7/h4,6H,1,5H2,2-3H3/q-1. The lowest BCUT2D eigenvalue weighted by molar-refractivity contribution is 0.444. The van der Waals surface area contributed by atoms with E-state index in [1.807, 2.05) is 31.4 Å². The average Bonchev–Trinajstić information content (AvgIpc) is 2.13. The van der Waals surface area contributed by atoms with Gasteiger partial charge in [0.05, 0.1) is 6.20 Å². The number of rotatable bonds is 2. The third kappa shape index (κ3) is 1.84. The van der Waals surface area contributed by atoms with Crippen molar-refractivity contribution in [1.29, 1.82) is 0 Å². The van der Waals surface area contributed by atoms with Gasteiger partial charge in [0.15, 0.2) is 0 Å². The Morgan fingerprint density at radius 3 is 2.90 bits per heavy atom. The first-order chi connectivity index (χ1) is 4.68. The molecule has 1 aromatic heterocycles. The van der Waals surface area contributed by atoms with Gasteiger partial charge in [-0.2, -0.15) is 5.10 Å². The van der Waals surface area contributed by atoms with E-state index in [4.69, 9.17) is 0 Å². The van der Waals surface area contributed by atoms with Crippen LogP contribution in [0.5, 0.6) is 0 Å². The monoisotopic (exact) mass is 138 g/mol. The highest BCUT2D eigenvalue weighted by molar-refractivity contribution is 5.02. The molecule has 56 valence electrons. The Balaban J connectivity index is 2.58. The highest BCUT2D eigenvalue weighted by atomic mass is 15.2. The van der Waals surface area contributed by atoms with Crippen LogP contribution in [0.25, 0.3) is 0 Å². The molecular weight excluding hydrogens is 126 g/mol. The molecule has 0 atom stereocenters. The number of aryl methyl sites for hydroxylation is 1. The summed E-state index contributed by atoms with van der Waals surface area (Å²) in [4.78, 5) is 1.87. The summed E-state index contributed by atoms with van der Waals surface area (Å²) >= 11 is 0. The third-order valence-electron chi connectivity index (χ3n) is 1.21. The fourth-order valence-electron chi connectivity index (χ4n) is 0.865. The van der Waals surface area contributed by atoms with Gasteiger partial charge in [-0.3, -0.25) is 11.7 Å². The van der Waals surface area contributed by atoms with E-state index in [1.165, 1.54) is 5.56 Å². The summed E-state index contributed by atoms with van der Waals surface area (Å²) in [6.45, 7) is 0.855. The first kappa shape index (κ1) is 7.28. The lowest BCUT2D eigenvalue weighted by Gasteiger charge is -2.15. The molecule has 1 heterocycles. The lowest BCUT2D eigenvalue weighted by atomic mass is 10.3. The van der Waals surface area contributed by atoms with Crippen molar-refractivity contribution in [2.24, 2.45) is 7.05 Å². The van der Waals surface area contributed by atoms with Crippen LogP contribution in [0.4, 0.5) is 0 Å². The van der Waals surface area contributed by atoms with Gasteiger partial charge in [-0.25, -0.2) is 0 Å². The van der Waals surface area contributed by atoms with Crippen molar-refractivity contribution in [3.05, 3.63) is 25.0 Å². The summed E-state index contributed by atoms with van der Waals surface area (Å²) in [7, 11) is 7.59. The number of aromatic nitrogens is 2. The van der Waals surface area contributed by atoms with Crippen molar-refractivity contribution in [1.82, 2.24) is 14.7 Å². The molecular formula is C7H12N3-. The Morgan fingerprint density at radius 1 is 1.80 bits per heavy atom. The molecule has 1 rings (SSSR count). The van der Waals surface area contributed by atoms with Crippen molar-refractivity contribution < 1.29 is 0 Å². The van der Waals surface area contributed by atoms with Crippen LogP contribution in [-0.4, -0.2) is 21.7 Å². The molecule has 10 heavy (non-hydrogen) atoms. The van der Waals surface area contributed by atoms with Crippen molar-refractivity contribution in [2.75, 3.05) is 7.05 Å². The molecule has 0 spiro atoms. The van der Waals surface area contributed by atoms with E-state index in [-0.39, 0.29) is 0 Å². The number of hydrogen-bond acceptors (Lipinski definition) is 2. The van der Waals surface area contributed by atoms with Crippen molar-refractivity contribution in [3.63, 3.8) is 0 Å². The van der Waals surface area contributed by atoms with E-state index in [0.29, 0.717) is 0 Å². The van der Waals surface area contributed by atoms with Crippen molar-refractivity contribution in [2.45, 2.75) is 6.54 Å². The Morgan fingerprint density at radius 2 is 2.50 bits per heavy atom. The van der Waals surface area contributed by atoms with Crippen LogP contribution < -0.4 is 0 Å². The topological polar surface area (TPSA) is 21.1 Å². The summed E-state index contributed by atoms with van der Waals surface area (Å²) < 4.78 is 1.79. The minimum absolute atomic E-state index is 0.855. The summed E-state index contributed by atoms with van der Waals surface area (Å²) in [5.41, 5.74) is 1.19.